The minimum absolute atomic E-state index is 0.161. The topological polar surface area (TPSA) is 81.1 Å². The Bertz CT molecular complexity index is 825. The molecule has 0 spiro atoms. The van der Waals surface area contributed by atoms with Gasteiger partial charge in [0.25, 0.3) is 0 Å². The van der Waals surface area contributed by atoms with E-state index < -0.39 is 5.97 Å². The highest BCUT2D eigenvalue weighted by Gasteiger charge is 2.11. The van der Waals surface area contributed by atoms with E-state index >= 15 is 0 Å². The van der Waals surface area contributed by atoms with Gasteiger partial charge >= 0.3 is 5.97 Å². The third-order valence-electron chi connectivity index (χ3n) is 3.28. The minimum Gasteiger partial charge on any atom is -0.478 e. The predicted octanol–water partition coefficient (Wildman–Crippen LogP) is 2.50. The summed E-state index contributed by atoms with van der Waals surface area (Å²) >= 11 is 0. The summed E-state index contributed by atoms with van der Waals surface area (Å²) in [6, 6.07) is 10.8. The molecular formula is C15H12FN3O2. The Balaban J connectivity index is 2.04. The molecule has 3 N–H and O–H groups in total. The molecule has 2 aromatic carbocycles. The monoisotopic (exact) mass is 285 g/mol. The lowest BCUT2D eigenvalue weighted by Crippen LogP contribution is -2.04. The molecular weight excluding hydrogens is 273 g/mol. The average Bonchev–Trinajstić information content (AvgIpc) is 2.76. The smallest absolute Gasteiger partial charge is 0.335 e. The quantitative estimate of drug-likeness (QED) is 0.774. The van der Waals surface area contributed by atoms with Crippen molar-refractivity contribution < 1.29 is 14.3 Å². The first-order valence-corrected chi connectivity index (χ1v) is 6.28. The third kappa shape index (κ3) is 2.43. The van der Waals surface area contributed by atoms with E-state index in [1.807, 2.05) is 0 Å². The fourth-order valence-electron chi connectivity index (χ4n) is 2.22. The number of aromatic nitrogens is 2. The number of imidazole rings is 1. The Morgan fingerprint density at radius 1 is 1.24 bits per heavy atom. The van der Waals surface area contributed by atoms with Crippen molar-refractivity contribution in [3.63, 3.8) is 0 Å². The molecule has 0 saturated carbocycles. The van der Waals surface area contributed by atoms with Gasteiger partial charge in [-0.2, -0.15) is 0 Å². The number of rotatable bonds is 3. The lowest BCUT2D eigenvalue weighted by molar-refractivity contribution is 0.0697. The summed E-state index contributed by atoms with van der Waals surface area (Å²) in [6.07, 6.45) is 0. The number of nitrogens with two attached hydrogens (primary N) is 1. The van der Waals surface area contributed by atoms with Gasteiger partial charge in [0.05, 0.1) is 23.1 Å². The largest absolute Gasteiger partial charge is 0.478 e. The van der Waals surface area contributed by atoms with Crippen LogP contribution in [0.5, 0.6) is 0 Å². The first-order chi connectivity index (χ1) is 10.0. The average molecular weight is 285 g/mol. The Hall–Kier alpha value is -2.89. The van der Waals surface area contributed by atoms with Gasteiger partial charge in [-0.15, -0.1) is 0 Å². The molecule has 0 saturated heterocycles. The van der Waals surface area contributed by atoms with E-state index in [0.717, 1.165) is 11.1 Å². The van der Waals surface area contributed by atoms with Gasteiger partial charge in [0.2, 0.25) is 5.95 Å². The first-order valence-electron chi connectivity index (χ1n) is 6.28. The van der Waals surface area contributed by atoms with Gasteiger partial charge in [-0.3, -0.25) is 0 Å². The minimum atomic E-state index is -1.01. The number of nitrogens with zero attached hydrogens (tertiary/aromatic N) is 2. The summed E-state index contributed by atoms with van der Waals surface area (Å²) in [5.74, 6) is -1.02. The standard InChI is InChI=1S/C15H12FN3O2/c16-11-4-1-9(2-5-11)8-19-13-6-3-10(14(20)21)7-12(13)18-15(19)17/h1-7H,8H2,(H2,17,18)(H,20,21). The summed E-state index contributed by atoms with van der Waals surface area (Å²) in [5, 5.41) is 8.98. The van der Waals surface area contributed by atoms with E-state index in [4.69, 9.17) is 10.8 Å². The van der Waals surface area contributed by atoms with Gasteiger partial charge in [0, 0.05) is 0 Å². The summed E-state index contributed by atoms with van der Waals surface area (Å²) in [4.78, 5) is 15.1. The molecule has 5 nitrogen and oxygen atoms in total. The molecule has 0 aliphatic carbocycles. The zero-order valence-electron chi connectivity index (χ0n) is 11.0. The first kappa shape index (κ1) is 13.1. The molecule has 0 aliphatic heterocycles. The van der Waals surface area contributed by atoms with Crippen molar-refractivity contribution >= 4 is 23.0 Å². The number of carbonyl (C=O) groups is 1. The Morgan fingerprint density at radius 2 is 1.95 bits per heavy atom. The van der Waals surface area contributed by atoms with Crippen molar-refractivity contribution in [3.05, 3.63) is 59.4 Å². The molecule has 21 heavy (non-hydrogen) atoms. The normalized spacial score (nSPS) is 10.9. The molecule has 0 fully saturated rings. The van der Waals surface area contributed by atoms with Crippen LogP contribution in [0.25, 0.3) is 11.0 Å². The lowest BCUT2D eigenvalue weighted by Gasteiger charge is -2.06. The van der Waals surface area contributed by atoms with Crippen molar-refractivity contribution in [3.8, 4) is 0 Å². The number of nitrogen functional groups attached to an aromatic ring is 1. The highest BCUT2D eigenvalue weighted by molar-refractivity contribution is 5.92. The Morgan fingerprint density at radius 3 is 2.62 bits per heavy atom. The van der Waals surface area contributed by atoms with E-state index in [2.05, 4.69) is 4.98 Å². The van der Waals surface area contributed by atoms with E-state index in [1.165, 1.54) is 24.3 Å². The molecule has 0 bridgehead atoms. The number of aromatic carboxylic acids is 1. The van der Waals surface area contributed by atoms with Crippen LogP contribution < -0.4 is 5.73 Å². The highest BCUT2D eigenvalue weighted by Crippen LogP contribution is 2.21. The molecule has 6 heteroatoms. The van der Waals surface area contributed by atoms with Crippen LogP contribution in [-0.4, -0.2) is 20.6 Å². The van der Waals surface area contributed by atoms with Crippen molar-refractivity contribution in [2.24, 2.45) is 0 Å². The van der Waals surface area contributed by atoms with Crippen LogP contribution in [0.2, 0.25) is 0 Å². The van der Waals surface area contributed by atoms with Crippen molar-refractivity contribution in [1.82, 2.24) is 9.55 Å². The maximum absolute atomic E-state index is 12.9. The van der Waals surface area contributed by atoms with Crippen LogP contribution in [-0.2, 0) is 6.54 Å². The molecule has 0 unspecified atom stereocenters. The molecule has 3 rings (SSSR count). The van der Waals surface area contributed by atoms with E-state index in [-0.39, 0.29) is 17.3 Å². The van der Waals surface area contributed by atoms with Gasteiger partial charge in [-0.05, 0) is 35.9 Å². The number of carboxylic acid groups (broad SMARTS) is 1. The van der Waals surface area contributed by atoms with Gasteiger partial charge in [-0.1, -0.05) is 12.1 Å². The number of halogens is 1. The second-order valence-corrected chi connectivity index (χ2v) is 4.69. The summed E-state index contributed by atoms with van der Waals surface area (Å²) in [6.45, 7) is 0.440. The van der Waals surface area contributed by atoms with E-state index in [0.29, 0.717) is 12.1 Å². The van der Waals surface area contributed by atoms with Crippen molar-refractivity contribution in [2.75, 3.05) is 5.73 Å². The predicted molar refractivity (Wildman–Crippen MR) is 76.6 cm³/mol. The van der Waals surface area contributed by atoms with Crippen LogP contribution in [0.3, 0.4) is 0 Å². The summed E-state index contributed by atoms with van der Waals surface area (Å²) in [7, 11) is 0. The second kappa shape index (κ2) is 4.90. The SMILES string of the molecule is Nc1nc2cc(C(=O)O)ccc2n1Cc1ccc(F)cc1. The third-order valence-corrected chi connectivity index (χ3v) is 3.28. The fraction of sp³-hybridized carbons (Fsp3) is 0.0667. The second-order valence-electron chi connectivity index (χ2n) is 4.69. The molecule has 1 aromatic heterocycles. The number of hydrogen-bond acceptors (Lipinski definition) is 3. The van der Waals surface area contributed by atoms with Gasteiger partial charge in [-0.25, -0.2) is 14.2 Å². The zero-order chi connectivity index (χ0) is 15.0. The zero-order valence-corrected chi connectivity index (χ0v) is 11.0. The van der Waals surface area contributed by atoms with Gasteiger partial charge in [0.1, 0.15) is 5.82 Å². The van der Waals surface area contributed by atoms with E-state index in [1.54, 1.807) is 22.8 Å². The number of fused-ring (bicyclic) bond motifs is 1. The Kier molecular flexibility index (Phi) is 3.06. The van der Waals surface area contributed by atoms with Gasteiger partial charge in [0.15, 0.2) is 0 Å². The Labute approximate surface area is 119 Å². The maximum Gasteiger partial charge on any atom is 0.335 e. The molecule has 0 atom stereocenters. The molecule has 106 valence electrons. The number of carboxylic acids is 1. The van der Waals surface area contributed by atoms with Crippen LogP contribution in [0, 0.1) is 5.82 Å². The molecule has 0 radical (unpaired) electrons. The number of hydrogen-bond donors (Lipinski definition) is 2. The van der Waals surface area contributed by atoms with Crippen LogP contribution in [0.4, 0.5) is 10.3 Å². The summed E-state index contributed by atoms with van der Waals surface area (Å²) < 4.78 is 14.7. The van der Waals surface area contributed by atoms with Crippen LogP contribution in [0.1, 0.15) is 15.9 Å². The molecule has 3 aromatic rings. The van der Waals surface area contributed by atoms with Crippen molar-refractivity contribution in [2.45, 2.75) is 6.54 Å². The van der Waals surface area contributed by atoms with Crippen LogP contribution >= 0.6 is 0 Å². The van der Waals surface area contributed by atoms with Crippen molar-refractivity contribution in [1.29, 1.82) is 0 Å². The molecule has 1 heterocycles. The molecule has 0 aliphatic rings. The van der Waals surface area contributed by atoms with E-state index in [9.17, 15) is 9.18 Å². The summed E-state index contributed by atoms with van der Waals surface area (Å²) in [5.41, 5.74) is 8.19. The fourth-order valence-corrected chi connectivity index (χ4v) is 2.22. The number of benzene rings is 2. The van der Waals surface area contributed by atoms with Gasteiger partial charge < -0.3 is 15.4 Å². The molecule has 0 amide bonds. The number of anilines is 1. The lowest BCUT2D eigenvalue weighted by atomic mass is 10.2. The highest BCUT2D eigenvalue weighted by atomic mass is 19.1. The maximum atomic E-state index is 12.9. The van der Waals surface area contributed by atoms with Crippen LogP contribution in [0.15, 0.2) is 42.5 Å².